The average Bonchev–Trinajstić information content (AvgIpc) is 3.14. The molecule has 6 nitrogen and oxygen atoms in total. The lowest BCUT2D eigenvalue weighted by Crippen LogP contribution is -2.49. The van der Waals surface area contributed by atoms with Gasteiger partial charge in [0.05, 0.1) is 16.8 Å². The molecule has 1 fully saturated rings. The summed E-state index contributed by atoms with van der Waals surface area (Å²) in [5.74, 6) is 1.20. The van der Waals surface area contributed by atoms with Crippen molar-refractivity contribution in [3.63, 3.8) is 0 Å². The monoisotopic (exact) mass is 476 g/mol. The van der Waals surface area contributed by atoms with Gasteiger partial charge in [-0.25, -0.2) is 4.98 Å². The number of hydrogen-bond acceptors (Lipinski definition) is 6. The van der Waals surface area contributed by atoms with E-state index >= 15 is 0 Å². The largest absolute Gasteiger partial charge is 0.416 e. The second-order valence-corrected chi connectivity index (χ2v) is 8.74. The molecule has 0 aliphatic carbocycles. The standard InChI is InChI=1S/C23H23F3N4O2S/c1-15-20(16(2)32-28-15)14-33-21-19(7-4-8-27-21)22(31)30-11-9-29(10-12-30)18-6-3-5-17(13-18)23(24,25)26/h3-8,13H,9-12,14H2,1-2H3. The fourth-order valence-electron chi connectivity index (χ4n) is 3.73. The molecule has 1 saturated heterocycles. The molecule has 3 aromatic rings. The van der Waals surface area contributed by atoms with Crippen molar-refractivity contribution in [3.05, 3.63) is 70.7 Å². The summed E-state index contributed by atoms with van der Waals surface area (Å²) in [6, 6.07) is 8.77. The number of rotatable bonds is 5. The highest BCUT2D eigenvalue weighted by Crippen LogP contribution is 2.32. The van der Waals surface area contributed by atoms with Crippen LogP contribution in [0.5, 0.6) is 0 Å². The number of alkyl halides is 3. The first-order chi connectivity index (χ1) is 15.7. The van der Waals surface area contributed by atoms with Gasteiger partial charge in [0.2, 0.25) is 0 Å². The molecule has 0 N–H and O–H groups in total. The molecule has 1 aliphatic heterocycles. The average molecular weight is 477 g/mol. The zero-order chi connectivity index (χ0) is 23.6. The summed E-state index contributed by atoms with van der Waals surface area (Å²) in [7, 11) is 0. The predicted octanol–water partition coefficient (Wildman–Crippen LogP) is 4.96. The van der Waals surface area contributed by atoms with Crippen LogP contribution in [0.15, 0.2) is 52.1 Å². The minimum absolute atomic E-state index is 0.131. The van der Waals surface area contributed by atoms with Crippen molar-refractivity contribution in [3.8, 4) is 0 Å². The van der Waals surface area contributed by atoms with Gasteiger partial charge >= 0.3 is 6.18 Å². The molecule has 1 amide bonds. The van der Waals surface area contributed by atoms with Gasteiger partial charge in [-0.1, -0.05) is 11.2 Å². The Bertz CT molecular complexity index is 1120. The van der Waals surface area contributed by atoms with Gasteiger partial charge in [-0.3, -0.25) is 4.79 Å². The number of pyridine rings is 1. The fourth-order valence-corrected chi connectivity index (χ4v) is 4.87. The molecular weight excluding hydrogens is 453 g/mol. The Morgan fingerprint density at radius 2 is 1.88 bits per heavy atom. The van der Waals surface area contributed by atoms with Crippen molar-refractivity contribution >= 4 is 23.4 Å². The molecule has 0 saturated carbocycles. The Morgan fingerprint density at radius 1 is 1.12 bits per heavy atom. The molecule has 0 radical (unpaired) electrons. The molecule has 2 aromatic heterocycles. The number of amides is 1. The van der Waals surface area contributed by atoms with E-state index in [0.29, 0.717) is 48.2 Å². The highest BCUT2D eigenvalue weighted by atomic mass is 32.2. The topological polar surface area (TPSA) is 62.5 Å². The van der Waals surface area contributed by atoms with Crippen molar-refractivity contribution in [1.29, 1.82) is 0 Å². The van der Waals surface area contributed by atoms with Crippen molar-refractivity contribution in [1.82, 2.24) is 15.0 Å². The third-order valence-corrected chi connectivity index (χ3v) is 6.67. The van der Waals surface area contributed by atoms with E-state index in [0.717, 1.165) is 29.2 Å². The molecule has 0 spiro atoms. The van der Waals surface area contributed by atoms with Gasteiger partial charge in [0.25, 0.3) is 5.91 Å². The van der Waals surface area contributed by atoms with Gasteiger partial charge in [-0.05, 0) is 44.2 Å². The van der Waals surface area contributed by atoms with Crippen molar-refractivity contribution in [2.24, 2.45) is 0 Å². The highest BCUT2D eigenvalue weighted by Gasteiger charge is 2.31. The first kappa shape index (κ1) is 23.2. The Labute approximate surface area is 193 Å². The molecule has 3 heterocycles. The Hall–Kier alpha value is -3.01. The molecule has 0 unspecified atom stereocenters. The van der Waals surface area contributed by atoms with Crippen LogP contribution < -0.4 is 4.90 Å². The van der Waals surface area contributed by atoms with E-state index in [-0.39, 0.29) is 5.91 Å². The predicted molar refractivity (Wildman–Crippen MR) is 119 cm³/mol. The van der Waals surface area contributed by atoms with Crippen LogP contribution >= 0.6 is 11.8 Å². The highest BCUT2D eigenvalue weighted by molar-refractivity contribution is 7.98. The first-order valence-electron chi connectivity index (χ1n) is 10.4. The number of halogens is 3. The maximum absolute atomic E-state index is 13.2. The van der Waals surface area contributed by atoms with E-state index < -0.39 is 11.7 Å². The number of aromatic nitrogens is 2. The van der Waals surface area contributed by atoms with Gasteiger partial charge in [0, 0.05) is 49.4 Å². The van der Waals surface area contributed by atoms with Crippen molar-refractivity contribution in [2.45, 2.75) is 30.8 Å². The van der Waals surface area contributed by atoms with Gasteiger partial charge in [-0.2, -0.15) is 13.2 Å². The minimum atomic E-state index is -4.38. The zero-order valence-corrected chi connectivity index (χ0v) is 19.0. The fraction of sp³-hybridized carbons (Fsp3) is 0.348. The molecule has 4 rings (SSSR count). The number of thioether (sulfide) groups is 1. The summed E-state index contributed by atoms with van der Waals surface area (Å²) in [6.45, 7) is 5.46. The number of piperazine rings is 1. The molecule has 174 valence electrons. The molecule has 33 heavy (non-hydrogen) atoms. The van der Waals surface area contributed by atoms with Crippen LogP contribution in [0.25, 0.3) is 0 Å². The van der Waals surface area contributed by atoms with Crippen LogP contribution in [0.1, 0.15) is 32.9 Å². The normalized spacial score (nSPS) is 14.6. The van der Waals surface area contributed by atoms with Crippen LogP contribution in [0.3, 0.4) is 0 Å². The van der Waals surface area contributed by atoms with Crippen LogP contribution in [-0.4, -0.2) is 47.1 Å². The third kappa shape index (κ3) is 5.16. The maximum atomic E-state index is 13.2. The quantitative estimate of drug-likeness (QED) is 0.485. The summed E-state index contributed by atoms with van der Waals surface area (Å²) >= 11 is 1.45. The Morgan fingerprint density at radius 3 is 2.55 bits per heavy atom. The molecule has 0 bridgehead atoms. The lowest BCUT2D eigenvalue weighted by molar-refractivity contribution is -0.137. The molecule has 10 heteroatoms. The number of carbonyl (C=O) groups excluding carboxylic acids is 1. The zero-order valence-electron chi connectivity index (χ0n) is 18.2. The summed E-state index contributed by atoms with van der Waals surface area (Å²) in [5, 5.41) is 4.59. The number of benzene rings is 1. The Kier molecular flexibility index (Phi) is 6.64. The van der Waals surface area contributed by atoms with Gasteiger partial charge in [-0.15, -0.1) is 11.8 Å². The number of hydrogen-bond donors (Lipinski definition) is 0. The van der Waals surface area contributed by atoms with E-state index in [9.17, 15) is 18.0 Å². The van der Waals surface area contributed by atoms with Crippen LogP contribution in [0.2, 0.25) is 0 Å². The van der Waals surface area contributed by atoms with E-state index in [1.54, 1.807) is 29.3 Å². The lowest BCUT2D eigenvalue weighted by atomic mass is 10.1. The van der Waals surface area contributed by atoms with Crippen LogP contribution in [0, 0.1) is 13.8 Å². The summed E-state index contributed by atoms with van der Waals surface area (Å²) in [6.07, 6.45) is -2.73. The summed E-state index contributed by atoms with van der Waals surface area (Å²) in [4.78, 5) is 21.2. The second kappa shape index (κ2) is 9.46. The first-order valence-corrected chi connectivity index (χ1v) is 11.4. The third-order valence-electron chi connectivity index (χ3n) is 5.64. The number of aryl methyl sites for hydroxylation is 2. The SMILES string of the molecule is Cc1noc(C)c1CSc1ncccc1C(=O)N1CCN(c2cccc(C(F)(F)F)c2)CC1. The minimum Gasteiger partial charge on any atom is -0.368 e. The van der Waals surface area contributed by atoms with E-state index in [2.05, 4.69) is 10.1 Å². The number of anilines is 1. The van der Waals surface area contributed by atoms with Crippen LogP contribution in [-0.2, 0) is 11.9 Å². The molecule has 1 aliphatic rings. The van der Waals surface area contributed by atoms with Crippen molar-refractivity contribution < 1.29 is 22.5 Å². The van der Waals surface area contributed by atoms with E-state index in [4.69, 9.17) is 4.52 Å². The Balaban J connectivity index is 1.42. The van der Waals surface area contributed by atoms with Crippen LogP contribution in [0.4, 0.5) is 18.9 Å². The maximum Gasteiger partial charge on any atom is 0.416 e. The summed E-state index contributed by atoms with van der Waals surface area (Å²) in [5.41, 5.74) is 2.15. The van der Waals surface area contributed by atoms with E-state index in [1.165, 1.54) is 17.8 Å². The molecular formula is C23H23F3N4O2S. The number of carbonyl (C=O) groups is 1. The van der Waals surface area contributed by atoms with Crippen molar-refractivity contribution in [2.75, 3.05) is 31.1 Å². The second-order valence-electron chi connectivity index (χ2n) is 7.77. The van der Waals surface area contributed by atoms with Gasteiger partial charge in [0.1, 0.15) is 10.8 Å². The van der Waals surface area contributed by atoms with Gasteiger partial charge in [0.15, 0.2) is 0 Å². The lowest BCUT2D eigenvalue weighted by Gasteiger charge is -2.36. The van der Waals surface area contributed by atoms with Gasteiger partial charge < -0.3 is 14.3 Å². The molecule has 0 atom stereocenters. The summed E-state index contributed by atoms with van der Waals surface area (Å²) < 4.78 is 44.3. The number of nitrogens with zero attached hydrogens (tertiary/aromatic N) is 4. The molecule has 1 aromatic carbocycles. The smallest absolute Gasteiger partial charge is 0.368 e. The van der Waals surface area contributed by atoms with E-state index in [1.807, 2.05) is 18.7 Å².